The molecule has 6 heteroatoms. The van der Waals surface area contributed by atoms with E-state index < -0.39 is 4.92 Å². The number of hydrogen-bond acceptors (Lipinski definition) is 4. The highest BCUT2D eigenvalue weighted by atomic mass is 35.5. The summed E-state index contributed by atoms with van der Waals surface area (Å²) >= 11 is 6.16. The van der Waals surface area contributed by atoms with Crippen molar-refractivity contribution in [2.24, 2.45) is 0 Å². The van der Waals surface area contributed by atoms with E-state index in [1.807, 2.05) is 6.92 Å². The van der Waals surface area contributed by atoms with Crippen LogP contribution in [0.3, 0.4) is 0 Å². The first-order valence-electron chi connectivity index (χ1n) is 5.93. The zero-order valence-corrected chi connectivity index (χ0v) is 11.4. The van der Waals surface area contributed by atoms with Gasteiger partial charge in [-0.3, -0.25) is 10.1 Å². The van der Waals surface area contributed by atoms with Gasteiger partial charge in [-0.2, -0.15) is 0 Å². The number of benzene rings is 2. The molecule has 0 amide bonds. The van der Waals surface area contributed by atoms with Crippen molar-refractivity contribution in [3.63, 3.8) is 0 Å². The Kier molecular flexibility index (Phi) is 4.10. The molecule has 5 nitrogen and oxygen atoms in total. The van der Waals surface area contributed by atoms with Crippen molar-refractivity contribution >= 4 is 17.3 Å². The molecular formula is C14H12ClNO4. The summed E-state index contributed by atoms with van der Waals surface area (Å²) in [6.07, 6.45) is 0. The second-order valence-corrected chi connectivity index (χ2v) is 4.44. The number of nitro benzene ring substituents is 1. The van der Waals surface area contributed by atoms with Crippen LogP contribution >= 0.6 is 11.6 Å². The van der Waals surface area contributed by atoms with E-state index in [0.29, 0.717) is 28.5 Å². The summed E-state index contributed by atoms with van der Waals surface area (Å²) in [5.74, 6) is 0.260. The summed E-state index contributed by atoms with van der Waals surface area (Å²) < 4.78 is 5.33. The van der Waals surface area contributed by atoms with Gasteiger partial charge in [-0.05, 0) is 36.8 Å². The average molecular weight is 294 g/mol. The number of rotatable bonds is 4. The lowest BCUT2D eigenvalue weighted by molar-refractivity contribution is -0.385. The third-order valence-electron chi connectivity index (χ3n) is 2.73. The topological polar surface area (TPSA) is 72.6 Å². The summed E-state index contributed by atoms with van der Waals surface area (Å²) in [5, 5.41) is 20.7. The molecule has 0 aliphatic carbocycles. The van der Waals surface area contributed by atoms with Gasteiger partial charge < -0.3 is 9.84 Å². The Labute approximate surface area is 120 Å². The maximum Gasteiger partial charge on any atom is 0.311 e. The summed E-state index contributed by atoms with van der Waals surface area (Å²) in [6.45, 7) is 2.39. The normalized spacial score (nSPS) is 10.3. The van der Waals surface area contributed by atoms with Gasteiger partial charge in [0.15, 0.2) is 5.75 Å². The molecule has 0 fully saturated rings. The molecule has 0 aliphatic heterocycles. The van der Waals surface area contributed by atoms with Crippen molar-refractivity contribution < 1.29 is 14.8 Å². The van der Waals surface area contributed by atoms with Crippen LogP contribution in [0.4, 0.5) is 5.69 Å². The van der Waals surface area contributed by atoms with Crippen LogP contribution in [0.15, 0.2) is 36.4 Å². The molecule has 0 heterocycles. The average Bonchev–Trinajstić information content (AvgIpc) is 2.40. The minimum atomic E-state index is -0.638. The van der Waals surface area contributed by atoms with Crippen molar-refractivity contribution in [2.45, 2.75) is 6.92 Å². The second-order valence-electron chi connectivity index (χ2n) is 4.04. The molecule has 0 bridgehead atoms. The summed E-state index contributed by atoms with van der Waals surface area (Å²) in [4.78, 5) is 10.2. The minimum Gasteiger partial charge on any atom is -0.502 e. The van der Waals surface area contributed by atoms with E-state index >= 15 is 0 Å². The zero-order valence-electron chi connectivity index (χ0n) is 10.7. The van der Waals surface area contributed by atoms with Crippen LogP contribution in [0.2, 0.25) is 5.02 Å². The highest BCUT2D eigenvalue weighted by molar-refractivity contribution is 6.33. The first-order chi connectivity index (χ1) is 9.52. The number of nitrogens with zero attached hydrogens (tertiary/aromatic N) is 1. The Bertz CT molecular complexity index is 658. The summed E-state index contributed by atoms with van der Waals surface area (Å²) in [5.41, 5.74) is 0.841. The number of halogens is 1. The molecule has 0 unspecified atom stereocenters. The van der Waals surface area contributed by atoms with E-state index in [1.54, 1.807) is 24.3 Å². The van der Waals surface area contributed by atoms with E-state index in [9.17, 15) is 15.2 Å². The van der Waals surface area contributed by atoms with Crippen LogP contribution < -0.4 is 4.74 Å². The third kappa shape index (κ3) is 2.83. The lowest BCUT2D eigenvalue weighted by Gasteiger charge is -2.08. The van der Waals surface area contributed by atoms with E-state index in [1.165, 1.54) is 12.1 Å². The molecule has 104 valence electrons. The molecule has 2 rings (SSSR count). The number of nitro groups is 1. The Hall–Kier alpha value is -2.27. The molecular weight excluding hydrogens is 282 g/mol. The molecule has 0 aliphatic rings. The number of phenolic OH excluding ortho intramolecular Hbond substituents is 1. The first kappa shape index (κ1) is 14.1. The fraction of sp³-hybridized carbons (Fsp3) is 0.143. The van der Waals surface area contributed by atoms with E-state index in [-0.39, 0.29) is 11.4 Å². The zero-order chi connectivity index (χ0) is 14.7. The standard InChI is InChI=1S/C14H12ClNO4/c1-2-20-10-4-5-11(12(15)8-10)9-3-6-14(17)13(7-9)16(18)19/h3-8,17H,2H2,1H3. The van der Waals surface area contributed by atoms with Gasteiger partial charge in [0.2, 0.25) is 0 Å². The van der Waals surface area contributed by atoms with Crippen LogP contribution in [0.1, 0.15) is 6.92 Å². The molecule has 2 aromatic carbocycles. The minimum absolute atomic E-state index is 0.354. The molecule has 0 saturated heterocycles. The van der Waals surface area contributed by atoms with Crippen molar-refractivity contribution in [1.82, 2.24) is 0 Å². The Morgan fingerprint density at radius 2 is 2.05 bits per heavy atom. The van der Waals surface area contributed by atoms with E-state index in [4.69, 9.17) is 16.3 Å². The predicted molar refractivity (Wildman–Crippen MR) is 76.4 cm³/mol. The smallest absolute Gasteiger partial charge is 0.311 e. The van der Waals surface area contributed by atoms with Gasteiger partial charge in [0, 0.05) is 11.6 Å². The van der Waals surface area contributed by atoms with Crippen molar-refractivity contribution in [1.29, 1.82) is 0 Å². The second kappa shape index (κ2) is 5.79. The number of phenols is 1. The Balaban J connectivity index is 2.46. The predicted octanol–water partition coefficient (Wildman–Crippen LogP) is 4.02. The molecule has 0 radical (unpaired) electrons. The third-order valence-corrected chi connectivity index (χ3v) is 3.05. The molecule has 0 aromatic heterocycles. The van der Waals surface area contributed by atoms with E-state index in [0.717, 1.165) is 0 Å². The number of hydrogen-bond donors (Lipinski definition) is 1. The van der Waals surface area contributed by atoms with Gasteiger partial charge in [-0.15, -0.1) is 0 Å². The number of aromatic hydroxyl groups is 1. The van der Waals surface area contributed by atoms with Crippen LogP contribution in [0.5, 0.6) is 11.5 Å². The van der Waals surface area contributed by atoms with Crippen LogP contribution in [-0.4, -0.2) is 16.6 Å². The van der Waals surface area contributed by atoms with Gasteiger partial charge >= 0.3 is 5.69 Å². The van der Waals surface area contributed by atoms with Gasteiger partial charge in [-0.25, -0.2) is 0 Å². The molecule has 0 spiro atoms. The number of ether oxygens (including phenoxy) is 1. The van der Waals surface area contributed by atoms with Gasteiger partial charge in [0.1, 0.15) is 5.75 Å². The lowest BCUT2D eigenvalue weighted by atomic mass is 10.0. The van der Waals surface area contributed by atoms with Gasteiger partial charge in [0.05, 0.1) is 16.6 Å². The summed E-state index contributed by atoms with van der Waals surface area (Å²) in [7, 11) is 0. The molecule has 2 aromatic rings. The summed E-state index contributed by atoms with van der Waals surface area (Å²) in [6, 6.07) is 9.26. The highest BCUT2D eigenvalue weighted by Gasteiger charge is 2.15. The Morgan fingerprint density at radius 1 is 1.30 bits per heavy atom. The van der Waals surface area contributed by atoms with Gasteiger partial charge in [-0.1, -0.05) is 17.7 Å². The molecule has 0 saturated carbocycles. The largest absolute Gasteiger partial charge is 0.502 e. The monoisotopic (exact) mass is 293 g/mol. The van der Waals surface area contributed by atoms with Crippen molar-refractivity contribution in [3.8, 4) is 22.6 Å². The first-order valence-corrected chi connectivity index (χ1v) is 6.31. The quantitative estimate of drug-likeness (QED) is 0.682. The van der Waals surface area contributed by atoms with E-state index in [2.05, 4.69) is 0 Å². The Morgan fingerprint density at radius 3 is 2.65 bits per heavy atom. The van der Waals surface area contributed by atoms with Crippen molar-refractivity contribution in [2.75, 3.05) is 6.61 Å². The molecule has 0 atom stereocenters. The fourth-order valence-corrected chi connectivity index (χ4v) is 2.10. The fourth-order valence-electron chi connectivity index (χ4n) is 1.82. The highest BCUT2D eigenvalue weighted by Crippen LogP contribution is 2.35. The molecule has 1 N–H and O–H groups in total. The maximum atomic E-state index is 10.8. The molecule has 20 heavy (non-hydrogen) atoms. The lowest BCUT2D eigenvalue weighted by Crippen LogP contribution is -1.92. The SMILES string of the molecule is CCOc1ccc(-c2ccc(O)c([N+](=O)[O-])c2)c(Cl)c1. The van der Waals surface area contributed by atoms with Gasteiger partial charge in [0.25, 0.3) is 0 Å². The van der Waals surface area contributed by atoms with Crippen LogP contribution in [0.25, 0.3) is 11.1 Å². The van der Waals surface area contributed by atoms with Crippen LogP contribution in [-0.2, 0) is 0 Å². The maximum absolute atomic E-state index is 10.8. The van der Waals surface area contributed by atoms with Crippen LogP contribution in [0, 0.1) is 10.1 Å². The van der Waals surface area contributed by atoms with Crippen molar-refractivity contribution in [3.05, 3.63) is 51.5 Å².